The largest absolute Gasteiger partial charge is 0.369 e. The number of benzene rings is 2. The van der Waals surface area contributed by atoms with Crippen LogP contribution in [0.15, 0.2) is 47.4 Å². The normalized spacial score (nSPS) is 15.0. The molecule has 1 saturated heterocycles. The van der Waals surface area contributed by atoms with E-state index < -0.39 is 0 Å². The first-order valence-corrected chi connectivity index (χ1v) is 10.7. The third-order valence-corrected chi connectivity index (χ3v) is 6.38. The molecule has 3 rings (SSSR count). The summed E-state index contributed by atoms with van der Waals surface area (Å²) in [5.74, 6) is 0.316. The van der Waals surface area contributed by atoms with Gasteiger partial charge < -0.3 is 15.1 Å². The van der Waals surface area contributed by atoms with Crippen molar-refractivity contribution < 1.29 is 4.79 Å². The van der Waals surface area contributed by atoms with E-state index in [0.717, 1.165) is 48.9 Å². The molecule has 1 N–H and O–H groups in total. The van der Waals surface area contributed by atoms with E-state index in [9.17, 15) is 4.79 Å². The summed E-state index contributed by atoms with van der Waals surface area (Å²) >= 11 is 7.59. The molecule has 0 aromatic heterocycles. The van der Waals surface area contributed by atoms with E-state index in [4.69, 9.17) is 11.6 Å². The number of anilines is 2. The van der Waals surface area contributed by atoms with Gasteiger partial charge in [-0.25, -0.2) is 0 Å². The first-order chi connectivity index (χ1) is 13.1. The van der Waals surface area contributed by atoms with Crippen molar-refractivity contribution in [2.24, 2.45) is 0 Å². The summed E-state index contributed by atoms with van der Waals surface area (Å²) in [5, 5.41) is 3.70. The quantitative estimate of drug-likeness (QED) is 0.719. The summed E-state index contributed by atoms with van der Waals surface area (Å²) in [4.78, 5) is 18.1. The standard InChI is InChI=1S/C21H26ClN3OS/c1-3-24-10-12-25(13-11-24)17-8-9-19(16(2)14-17)23-21(26)15-27-20-7-5-4-6-18(20)22/h4-9,14H,3,10-13,15H2,1-2H3,(H,23,26). The van der Waals surface area contributed by atoms with Gasteiger partial charge in [-0.15, -0.1) is 11.8 Å². The molecule has 0 atom stereocenters. The van der Waals surface area contributed by atoms with Gasteiger partial charge in [-0.2, -0.15) is 0 Å². The second kappa shape index (κ2) is 9.49. The summed E-state index contributed by atoms with van der Waals surface area (Å²) in [6.07, 6.45) is 0. The van der Waals surface area contributed by atoms with Crippen molar-refractivity contribution in [1.82, 2.24) is 4.90 Å². The zero-order chi connectivity index (χ0) is 19.2. The van der Waals surface area contributed by atoms with E-state index in [1.165, 1.54) is 17.4 Å². The number of carbonyl (C=O) groups is 1. The molecule has 0 radical (unpaired) electrons. The molecule has 1 aliphatic rings. The number of halogens is 1. The molecule has 2 aromatic rings. The Morgan fingerprint density at radius 1 is 1.15 bits per heavy atom. The lowest BCUT2D eigenvalue weighted by Gasteiger charge is -2.35. The van der Waals surface area contributed by atoms with Crippen LogP contribution in [0.25, 0.3) is 0 Å². The molecule has 6 heteroatoms. The Morgan fingerprint density at radius 3 is 2.56 bits per heavy atom. The molecule has 0 saturated carbocycles. The number of rotatable bonds is 6. The van der Waals surface area contributed by atoms with Crippen molar-refractivity contribution in [3.05, 3.63) is 53.1 Å². The number of amides is 1. The Kier molecular flexibility index (Phi) is 7.05. The number of nitrogens with zero attached hydrogens (tertiary/aromatic N) is 2. The fourth-order valence-electron chi connectivity index (χ4n) is 3.20. The minimum atomic E-state index is -0.0210. The van der Waals surface area contributed by atoms with Crippen molar-refractivity contribution in [2.45, 2.75) is 18.7 Å². The molecule has 1 heterocycles. The number of thioether (sulfide) groups is 1. The van der Waals surface area contributed by atoms with Crippen LogP contribution in [0.4, 0.5) is 11.4 Å². The van der Waals surface area contributed by atoms with E-state index in [-0.39, 0.29) is 5.91 Å². The molecule has 1 aliphatic heterocycles. The lowest BCUT2D eigenvalue weighted by atomic mass is 10.1. The van der Waals surface area contributed by atoms with Gasteiger partial charge in [-0.1, -0.05) is 30.7 Å². The van der Waals surface area contributed by atoms with Crippen LogP contribution in [0.3, 0.4) is 0 Å². The maximum Gasteiger partial charge on any atom is 0.234 e. The topological polar surface area (TPSA) is 35.6 Å². The molecule has 0 spiro atoms. The van der Waals surface area contributed by atoms with Gasteiger partial charge in [0.05, 0.1) is 10.8 Å². The molecule has 1 amide bonds. The zero-order valence-electron chi connectivity index (χ0n) is 15.9. The van der Waals surface area contributed by atoms with Crippen LogP contribution in [0.2, 0.25) is 5.02 Å². The number of hydrogen-bond acceptors (Lipinski definition) is 4. The van der Waals surface area contributed by atoms with Crippen LogP contribution in [0, 0.1) is 6.92 Å². The molecule has 144 valence electrons. The smallest absolute Gasteiger partial charge is 0.234 e. The van der Waals surface area contributed by atoms with Gasteiger partial charge in [-0.05, 0) is 49.4 Å². The number of aryl methyl sites for hydroxylation is 1. The van der Waals surface area contributed by atoms with Gasteiger partial charge >= 0.3 is 0 Å². The average Bonchev–Trinajstić information content (AvgIpc) is 2.69. The summed E-state index contributed by atoms with van der Waals surface area (Å²) in [6.45, 7) is 9.68. The highest BCUT2D eigenvalue weighted by Gasteiger charge is 2.16. The number of piperazine rings is 1. The first-order valence-electron chi connectivity index (χ1n) is 9.32. The maximum absolute atomic E-state index is 12.3. The second-order valence-corrected chi connectivity index (χ2v) is 8.11. The third-order valence-electron chi connectivity index (χ3n) is 4.86. The molecular formula is C21H26ClN3OS. The lowest BCUT2D eigenvalue weighted by molar-refractivity contribution is -0.113. The minimum Gasteiger partial charge on any atom is -0.369 e. The van der Waals surface area contributed by atoms with Gasteiger partial charge in [0, 0.05) is 42.4 Å². The summed E-state index contributed by atoms with van der Waals surface area (Å²) < 4.78 is 0. The predicted octanol–water partition coefficient (Wildman–Crippen LogP) is 4.52. The maximum atomic E-state index is 12.3. The van der Waals surface area contributed by atoms with Crippen molar-refractivity contribution in [1.29, 1.82) is 0 Å². The Labute approximate surface area is 170 Å². The van der Waals surface area contributed by atoms with E-state index in [0.29, 0.717) is 10.8 Å². The summed E-state index contributed by atoms with van der Waals surface area (Å²) in [6, 6.07) is 13.9. The van der Waals surface area contributed by atoms with E-state index in [1.54, 1.807) is 0 Å². The van der Waals surface area contributed by atoms with Crippen LogP contribution in [0.5, 0.6) is 0 Å². The van der Waals surface area contributed by atoms with Gasteiger partial charge in [-0.3, -0.25) is 4.79 Å². The summed E-state index contributed by atoms with van der Waals surface area (Å²) in [5.41, 5.74) is 3.18. The predicted molar refractivity (Wildman–Crippen MR) is 116 cm³/mol. The molecule has 4 nitrogen and oxygen atoms in total. The van der Waals surface area contributed by atoms with Crippen LogP contribution < -0.4 is 10.2 Å². The number of hydrogen-bond donors (Lipinski definition) is 1. The molecule has 0 unspecified atom stereocenters. The number of likely N-dealkylation sites (N-methyl/N-ethyl adjacent to an activating group) is 1. The molecule has 2 aromatic carbocycles. The Hall–Kier alpha value is -1.69. The molecule has 27 heavy (non-hydrogen) atoms. The Morgan fingerprint density at radius 2 is 1.89 bits per heavy atom. The fraction of sp³-hybridized carbons (Fsp3) is 0.381. The minimum absolute atomic E-state index is 0.0210. The Balaban J connectivity index is 1.56. The summed E-state index contributed by atoms with van der Waals surface area (Å²) in [7, 11) is 0. The van der Waals surface area contributed by atoms with Gasteiger partial charge in [0.1, 0.15) is 0 Å². The highest BCUT2D eigenvalue weighted by molar-refractivity contribution is 8.00. The van der Waals surface area contributed by atoms with Crippen LogP contribution in [-0.2, 0) is 4.79 Å². The van der Waals surface area contributed by atoms with Gasteiger partial charge in [0.15, 0.2) is 0 Å². The van der Waals surface area contributed by atoms with E-state index >= 15 is 0 Å². The second-order valence-electron chi connectivity index (χ2n) is 6.69. The van der Waals surface area contributed by atoms with Gasteiger partial charge in [0.2, 0.25) is 5.91 Å². The molecular weight excluding hydrogens is 378 g/mol. The van der Waals surface area contributed by atoms with Crippen molar-refractivity contribution >= 4 is 40.6 Å². The number of carbonyl (C=O) groups excluding carboxylic acids is 1. The van der Waals surface area contributed by atoms with Crippen molar-refractivity contribution in [3.63, 3.8) is 0 Å². The Bertz CT molecular complexity index is 791. The lowest BCUT2D eigenvalue weighted by Crippen LogP contribution is -2.46. The van der Waals surface area contributed by atoms with E-state index in [2.05, 4.69) is 34.2 Å². The van der Waals surface area contributed by atoms with Crippen molar-refractivity contribution in [3.8, 4) is 0 Å². The highest BCUT2D eigenvalue weighted by atomic mass is 35.5. The van der Waals surface area contributed by atoms with E-state index in [1.807, 2.05) is 37.3 Å². The van der Waals surface area contributed by atoms with Crippen molar-refractivity contribution in [2.75, 3.05) is 48.7 Å². The van der Waals surface area contributed by atoms with Crippen LogP contribution in [0.1, 0.15) is 12.5 Å². The average molecular weight is 404 g/mol. The van der Waals surface area contributed by atoms with Crippen LogP contribution >= 0.6 is 23.4 Å². The zero-order valence-corrected chi connectivity index (χ0v) is 17.4. The first kappa shape index (κ1) is 20.1. The third kappa shape index (κ3) is 5.41. The van der Waals surface area contributed by atoms with Gasteiger partial charge in [0.25, 0.3) is 0 Å². The monoisotopic (exact) mass is 403 g/mol. The fourth-order valence-corrected chi connectivity index (χ4v) is 4.24. The molecule has 0 bridgehead atoms. The molecule has 0 aliphatic carbocycles. The number of nitrogens with one attached hydrogen (secondary N) is 1. The van der Waals surface area contributed by atoms with Crippen LogP contribution in [-0.4, -0.2) is 49.3 Å². The highest BCUT2D eigenvalue weighted by Crippen LogP contribution is 2.27. The SMILES string of the molecule is CCN1CCN(c2ccc(NC(=O)CSc3ccccc3Cl)c(C)c2)CC1. The molecule has 1 fully saturated rings.